The number of rotatable bonds is 8. The number of ether oxygens (including phenoxy) is 3. The Morgan fingerprint density at radius 2 is 1.60 bits per heavy atom. The van der Waals surface area contributed by atoms with Gasteiger partial charge in [-0.05, 0) is 50.6 Å². The molecule has 1 amide bonds. The molecule has 2 aromatic rings. The van der Waals surface area contributed by atoms with E-state index >= 15 is 0 Å². The van der Waals surface area contributed by atoms with E-state index in [1.807, 2.05) is 50.2 Å². The summed E-state index contributed by atoms with van der Waals surface area (Å²) in [5.74, 6) is 1.89. The second-order valence-electron chi connectivity index (χ2n) is 5.97. The van der Waals surface area contributed by atoms with Crippen LogP contribution in [0.1, 0.15) is 26.3 Å². The Balaban J connectivity index is 1.88. The first-order chi connectivity index (χ1) is 12.0. The van der Waals surface area contributed by atoms with E-state index in [4.69, 9.17) is 14.2 Å². The zero-order valence-corrected chi connectivity index (χ0v) is 15.1. The molecule has 1 N–H and O–H groups in total. The minimum absolute atomic E-state index is 0.112. The van der Waals surface area contributed by atoms with Gasteiger partial charge in [0.15, 0.2) is 6.10 Å². The molecule has 0 radical (unpaired) electrons. The molecule has 0 bridgehead atoms. The predicted molar refractivity (Wildman–Crippen MR) is 97.1 cm³/mol. The summed E-state index contributed by atoms with van der Waals surface area (Å²) in [6.45, 7) is 6.09. The lowest BCUT2D eigenvalue weighted by Gasteiger charge is -2.16. The Bertz CT molecular complexity index is 700. The van der Waals surface area contributed by atoms with Crippen molar-refractivity contribution in [2.24, 2.45) is 0 Å². The zero-order chi connectivity index (χ0) is 18.2. The highest BCUT2D eigenvalue weighted by Crippen LogP contribution is 2.20. The molecule has 0 spiro atoms. The van der Waals surface area contributed by atoms with E-state index in [0.717, 1.165) is 11.3 Å². The lowest BCUT2D eigenvalue weighted by atomic mass is 10.2. The topological polar surface area (TPSA) is 56.8 Å². The lowest BCUT2D eigenvalue weighted by molar-refractivity contribution is -0.127. The fourth-order valence-electron chi connectivity index (χ4n) is 2.27. The first-order valence-electron chi connectivity index (χ1n) is 8.32. The molecule has 2 rings (SSSR count). The number of amides is 1. The summed E-state index contributed by atoms with van der Waals surface area (Å²) in [5.41, 5.74) is 0.972. The van der Waals surface area contributed by atoms with Crippen LogP contribution in [0.15, 0.2) is 48.5 Å². The Morgan fingerprint density at radius 3 is 2.28 bits per heavy atom. The van der Waals surface area contributed by atoms with Gasteiger partial charge in [0.1, 0.15) is 17.2 Å². The highest BCUT2D eigenvalue weighted by atomic mass is 16.5. The van der Waals surface area contributed by atoms with Crippen LogP contribution in [-0.2, 0) is 11.3 Å². The van der Waals surface area contributed by atoms with Crippen molar-refractivity contribution >= 4 is 5.91 Å². The quantitative estimate of drug-likeness (QED) is 0.796. The molecule has 0 heterocycles. The lowest BCUT2D eigenvalue weighted by Crippen LogP contribution is -2.35. The largest absolute Gasteiger partial charge is 0.497 e. The van der Waals surface area contributed by atoms with E-state index < -0.39 is 6.10 Å². The summed E-state index contributed by atoms with van der Waals surface area (Å²) in [4.78, 5) is 12.2. The minimum Gasteiger partial charge on any atom is -0.497 e. The van der Waals surface area contributed by atoms with Gasteiger partial charge in [0, 0.05) is 12.6 Å². The van der Waals surface area contributed by atoms with Crippen molar-refractivity contribution < 1.29 is 19.0 Å². The second-order valence-corrected chi connectivity index (χ2v) is 5.97. The van der Waals surface area contributed by atoms with Gasteiger partial charge in [-0.2, -0.15) is 0 Å². The van der Waals surface area contributed by atoms with Crippen molar-refractivity contribution in [2.75, 3.05) is 7.11 Å². The summed E-state index contributed by atoms with van der Waals surface area (Å²) in [6, 6.07) is 14.9. The van der Waals surface area contributed by atoms with Crippen LogP contribution in [0.4, 0.5) is 0 Å². The van der Waals surface area contributed by atoms with Crippen molar-refractivity contribution in [2.45, 2.75) is 39.5 Å². The van der Waals surface area contributed by atoms with Gasteiger partial charge >= 0.3 is 0 Å². The molecule has 0 saturated carbocycles. The number of hydrogen-bond donors (Lipinski definition) is 1. The van der Waals surface area contributed by atoms with Crippen LogP contribution in [0.25, 0.3) is 0 Å². The second kappa shape index (κ2) is 8.97. The third-order valence-electron chi connectivity index (χ3n) is 3.46. The summed E-state index contributed by atoms with van der Waals surface area (Å²) < 4.78 is 16.5. The van der Waals surface area contributed by atoms with Gasteiger partial charge in [0.25, 0.3) is 5.91 Å². The van der Waals surface area contributed by atoms with Gasteiger partial charge in [-0.25, -0.2) is 0 Å². The Kier molecular flexibility index (Phi) is 6.69. The summed E-state index contributed by atoms with van der Waals surface area (Å²) in [5, 5.41) is 2.88. The summed E-state index contributed by atoms with van der Waals surface area (Å²) in [6.07, 6.45) is -0.497. The fraction of sp³-hybridized carbons (Fsp3) is 0.350. The van der Waals surface area contributed by atoms with Crippen molar-refractivity contribution in [3.8, 4) is 17.2 Å². The molecule has 0 unspecified atom stereocenters. The maximum absolute atomic E-state index is 12.2. The van der Waals surface area contributed by atoms with E-state index in [2.05, 4.69) is 5.32 Å². The van der Waals surface area contributed by atoms with E-state index in [1.165, 1.54) is 0 Å². The number of carbonyl (C=O) groups is 1. The number of carbonyl (C=O) groups excluding carboxylic acids is 1. The molecule has 0 aromatic heterocycles. The van der Waals surface area contributed by atoms with E-state index in [1.54, 1.807) is 26.2 Å². The maximum Gasteiger partial charge on any atom is 0.261 e. The molecule has 5 nitrogen and oxygen atoms in total. The highest BCUT2D eigenvalue weighted by Gasteiger charge is 2.14. The molecule has 0 aliphatic carbocycles. The highest BCUT2D eigenvalue weighted by molar-refractivity contribution is 5.80. The van der Waals surface area contributed by atoms with Gasteiger partial charge in [0.05, 0.1) is 13.2 Å². The van der Waals surface area contributed by atoms with Crippen LogP contribution in [0.3, 0.4) is 0 Å². The van der Waals surface area contributed by atoms with Gasteiger partial charge in [-0.3, -0.25) is 4.79 Å². The smallest absolute Gasteiger partial charge is 0.261 e. The van der Waals surface area contributed by atoms with Crippen molar-refractivity contribution in [1.82, 2.24) is 5.32 Å². The molecule has 0 aliphatic rings. The van der Waals surface area contributed by atoms with Gasteiger partial charge in [0.2, 0.25) is 0 Å². The standard InChI is InChI=1S/C20H25NO4/c1-14(2)24-18-9-5-7-16(11-18)13-21-20(22)15(3)25-19-10-6-8-17(12-19)23-4/h5-12,14-15H,13H2,1-4H3,(H,21,22)/t15-/m0/s1. The Labute approximate surface area is 148 Å². The molecule has 134 valence electrons. The average Bonchev–Trinajstić information content (AvgIpc) is 2.59. The number of nitrogens with one attached hydrogen (secondary N) is 1. The number of methoxy groups -OCH3 is 1. The molecular weight excluding hydrogens is 318 g/mol. The SMILES string of the molecule is COc1cccc(O[C@@H](C)C(=O)NCc2cccc(OC(C)C)c2)c1. The van der Waals surface area contributed by atoms with Crippen LogP contribution < -0.4 is 19.5 Å². The average molecular weight is 343 g/mol. The number of benzene rings is 2. The van der Waals surface area contributed by atoms with E-state index in [-0.39, 0.29) is 12.0 Å². The first-order valence-corrected chi connectivity index (χ1v) is 8.32. The molecule has 25 heavy (non-hydrogen) atoms. The van der Waals surface area contributed by atoms with Gasteiger partial charge in [-0.15, -0.1) is 0 Å². The van der Waals surface area contributed by atoms with Crippen LogP contribution in [0.2, 0.25) is 0 Å². The minimum atomic E-state index is -0.609. The van der Waals surface area contributed by atoms with Crippen LogP contribution in [-0.4, -0.2) is 25.2 Å². The Hall–Kier alpha value is -2.69. The van der Waals surface area contributed by atoms with Crippen LogP contribution in [0.5, 0.6) is 17.2 Å². The molecule has 0 fully saturated rings. The van der Waals surface area contributed by atoms with Crippen LogP contribution in [0, 0.1) is 0 Å². The molecule has 0 aliphatic heterocycles. The zero-order valence-electron chi connectivity index (χ0n) is 15.1. The van der Waals surface area contributed by atoms with Crippen molar-refractivity contribution in [3.63, 3.8) is 0 Å². The molecule has 5 heteroatoms. The normalized spacial score (nSPS) is 11.7. The molecule has 1 atom stereocenters. The monoisotopic (exact) mass is 343 g/mol. The van der Waals surface area contributed by atoms with Crippen molar-refractivity contribution in [3.05, 3.63) is 54.1 Å². The maximum atomic E-state index is 12.2. The van der Waals surface area contributed by atoms with Crippen LogP contribution >= 0.6 is 0 Å². The third-order valence-corrected chi connectivity index (χ3v) is 3.46. The Morgan fingerprint density at radius 1 is 0.960 bits per heavy atom. The summed E-state index contributed by atoms with van der Waals surface area (Å²) >= 11 is 0. The van der Waals surface area contributed by atoms with Crippen molar-refractivity contribution in [1.29, 1.82) is 0 Å². The molecule has 2 aromatic carbocycles. The summed E-state index contributed by atoms with van der Waals surface area (Å²) in [7, 11) is 1.59. The van der Waals surface area contributed by atoms with Gasteiger partial charge < -0.3 is 19.5 Å². The first kappa shape index (κ1) is 18.6. The number of hydrogen-bond acceptors (Lipinski definition) is 4. The molecular formula is C20H25NO4. The third kappa shape index (κ3) is 6.03. The van der Waals surface area contributed by atoms with E-state index in [0.29, 0.717) is 18.0 Å². The van der Waals surface area contributed by atoms with E-state index in [9.17, 15) is 4.79 Å². The fourth-order valence-corrected chi connectivity index (χ4v) is 2.27. The predicted octanol–water partition coefficient (Wildman–Crippen LogP) is 3.57. The molecule has 0 saturated heterocycles. The van der Waals surface area contributed by atoms with Gasteiger partial charge in [-0.1, -0.05) is 18.2 Å².